The molecule has 0 aliphatic carbocycles. The number of rotatable bonds is 3. The predicted molar refractivity (Wildman–Crippen MR) is 105 cm³/mol. The summed E-state index contributed by atoms with van der Waals surface area (Å²) in [5, 5.41) is 0. The standard InChI is InChI=1S/C23H25NO3/c1-5-16-14-21-20(23(3,4)11-12-27-21)13-17(16)7-9-19-10-8-18(15-24-19)22(25)26-6-2/h8,10,13-15H,5-6,11-12H2,1-4H3. The molecule has 4 nitrogen and oxygen atoms in total. The Kier molecular flexibility index (Phi) is 5.51. The summed E-state index contributed by atoms with van der Waals surface area (Å²) in [6.45, 7) is 9.48. The van der Waals surface area contributed by atoms with Crippen LogP contribution in [0.2, 0.25) is 0 Å². The lowest BCUT2D eigenvalue weighted by Gasteiger charge is -2.33. The highest BCUT2D eigenvalue weighted by molar-refractivity contribution is 5.89. The molecule has 0 saturated heterocycles. The summed E-state index contributed by atoms with van der Waals surface area (Å²) in [5.41, 5.74) is 4.52. The van der Waals surface area contributed by atoms with Gasteiger partial charge in [-0.05, 0) is 60.9 Å². The van der Waals surface area contributed by atoms with Gasteiger partial charge < -0.3 is 9.47 Å². The van der Waals surface area contributed by atoms with Crippen LogP contribution in [0.3, 0.4) is 0 Å². The maximum absolute atomic E-state index is 11.7. The van der Waals surface area contributed by atoms with Gasteiger partial charge in [0.25, 0.3) is 0 Å². The van der Waals surface area contributed by atoms with Crippen LogP contribution in [0.5, 0.6) is 5.75 Å². The number of aryl methyl sites for hydroxylation is 1. The van der Waals surface area contributed by atoms with E-state index in [-0.39, 0.29) is 11.4 Å². The zero-order chi connectivity index (χ0) is 19.4. The van der Waals surface area contributed by atoms with Crippen LogP contribution >= 0.6 is 0 Å². The number of esters is 1. The largest absolute Gasteiger partial charge is 0.493 e. The van der Waals surface area contributed by atoms with Crippen LogP contribution < -0.4 is 4.74 Å². The summed E-state index contributed by atoms with van der Waals surface area (Å²) < 4.78 is 10.8. The number of carbonyl (C=O) groups is 1. The number of fused-ring (bicyclic) bond motifs is 1. The maximum Gasteiger partial charge on any atom is 0.339 e. The van der Waals surface area contributed by atoms with Gasteiger partial charge in [0.05, 0.1) is 18.8 Å². The third-order valence-corrected chi connectivity index (χ3v) is 4.90. The molecule has 0 spiro atoms. The number of nitrogens with zero attached hydrogens (tertiary/aromatic N) is 1. The smallest absolute Gasteiger partial charge is 0.339 e. The Hall–Kier alpha value is -2.80. The summed E-state index contributed by atoms with van der Waals surface area (Å²) in [6.07, 6.45) is 3.39. The Morgan fingerprint density at radius 2 is 2.07 bits per heavy atom. The van der Waals surface area contributed by atoms with E-state index in [2.05, 4.69) is 49.7 Å². The Morgan fingerprint density at radius 1 is 1.26 bits per heavy atom. The van der Waals surface area contributed by atoms with E-state index >= 15 is 0 Å². The average Bonchev–Trinajstić information content (AvgIpc) is 2.66. The van der Waals surface area contributed by atoms with Crippen molar-refractivity contribution in [3.05, 3.63) is 58.4 Å². The molecule has 0 saturated carbocycles. The van der Waals surface area contributed by atoms with Gasteiger partial charge in [-0.1, -0.05) is 26.7 Å². The van der Waals surface area contributed by atoms with Crippen molar-refractivity contribution in [3.8, 4) is 17.6 Å². The molecule has 0 atom stereocenters. The van der Waals surface area contributed by atoms with Crippen molar-refractivity contribution in [2.45, 2.75) is 46.0 Å². The van der Waals surface area contributed by atoms with E-state index in [1.54, 1.807) is 19.1 Å². The zero-order valence-electron chi connectivity index (χ0n) is 16.4. The van der Waals surface area contributed by atoms with Gasteiger partial charge in [-0.3, -0.25) is 0 Å². The summed E-state index contributed by atoms with van der Waals surface area (Å²) in [7, 11) is 0. The van der Waals surface area contributed by atoms with E-state index in [0.29, 0.717) is 17.9 Å². The van der Waals surface area contributed by atoms with Crippen molar-refractivity contribution in [1.29, 1.82) is 0 Å². The van der Waals surface area contributed by atoms with Gasteiger partial charge in [0, 0.05) is 17.3 Å². The summed E-state index contributed by atoms with van der Waals surface area (Å²) in [4.78, 5) is 16.0. The van der Waals surface area contributed by atoms with Crippen LogP contribution in [0, 0.1) is 11.8 Å². The number of benzene rings is 1. The van der Waals surface area contributed by atoms with Gasteiger partial charge in [0.1, 0.15) is 11.4 Å². The van der Waals surface area contributed by atoms with Crippen molar-refractivity contribution < 1.29 is 14.3 Å². The minimum Gasteiger partial charge on any atom is -0.493 e. The van der Waals surface area contributed by atoms with Crippen molar-refractivity contribution in [1.82, 2.24) is 4.98 Å². The summed E-state index contributed by atoms with van der Waals surface area (Å²) in [5.74, 6) is 6.98. The normalized spacial score (nSPS) is 14.4. The van der Waals surface area contributed by atoms with Crippen LogP contribution in [-0.4, -0.2) is 24.2 Å². The van der Waals surface area contributed by atoms with Gasteiger partial charge in [0.2, 0.25) is 0 Å². The van der Waals surface area contributed by atoms with Gasteiger partial charge in [0.15, 0.2) is 0 Å². The van der Waals surface area contributed by atoms with Gasteiger partial charge in [-0.15, -0.1) is 0 Å². The summed E-state index contributed by atoms with van der Waals surface area (Å²) >= 11 is 0. The molecule has 0 radical (unpaired) electrons. The zero-order valence-corrected chi connectivity index (χ0v) is 16.4. The van der Waals surface area contributed by atoms with E-state index in [4.69, 9.17) is 9.47 Å². The lowest BCUT2D eigenvalue weighted by Crippen LogP contribution is -2.27. The van der Waals surface area contributed by atoms with Crippen molar-refractivity contribution in [2.75, 3.05) is 13.2 Å². The monoisotopic (exact) mass is 363 g/mol. The second-order valence-electron chi connectivity index (χ2n) is 7.24. The average molecular weight is 363 g/mol. The number of hydrogen-bond donors (Lipinski definition) is 0. The predicted octanol–water partition coefficient (Wildman–Crippen LogP) is 4.28. The molecule has 3 rings (SSSR count). The third kappa shape index (κ3) is 4.14. The molecule has 1 aliphatic heterocycles. The molecule has 0 N–H and O–H groups in total. The molecule has 140 valence electrons. The first-order valence-electron chi connectivity index (χ1n) is 9.40. The second-order valence-corrected chi connectivity index (χ2v) is 7.24. The molecular formula is C23H25NO3. The first-order chi connectivity index (χ1) is 12.9. The van der Waals surface area contributed by atoms with Crippen LogP contribution in [-0.2, 0) is 16.6 Å². The van der Waals surface area contributed by atoms with Crippen LogP contribution in [0.1, 0.15) is 66.9 Å². The molecule has 0 amide bonds. The molecule has 4 heteroatoms. The Labute approximate surface area is 160 Å². The van der Waals surface area contributed by atoms with Crippen LogP contribution in [0.4, 0.5) is 0 Å². The highest BCUT2D eigenvalue weighted by atomic mass is 16.5. The minimum atomic E-state index is -0.366. The van der Waals surface area contributed by atoms with E-state index in [1.807, 2.05) is 0 Å². The minimum absolute atomic E-state index is 0.0792. The molecule has 0 fully saturated rings. The fourth-order valence-corrected chi connectivity index (χ4v) is 3.16. The SMILES string of the molecule is CCOC(=O)c1ccc(C#Cc2cc3c(cc2CC)OCCC3(C)C)nc1. The van der Waals surface area contributed by atoms with E-state index < -0.39 is 0 Å². The molecular weight excluding hydrogens is 338 g/mol. The first-order valence-corrected chi connectivity index (χ1v) is 9.40. The molecule has 1 aromatic carbocycles. The summed E-state index contributed by atoms with van der Waals surface area (Å²) in [6, 6.07) is 7.72. The quantitative estimate of drug-likeness (QED) is 0.603. The van der Waals surface area contributed by atoms with Crippen molar-refractivity contribution in [2.24, 2.45) is 0 Å². The number of ether oxygens (including phenoxy) is 2. The van der Waals surface area contributed by atoms with Crippen LogP contribution in [0.15, 0.2) is 30.5 Å². The maximum atomic E-state index is 11.7. The molecule has 0 unspecified atom stereocenters. The molecule has 27 heavy (non-hydrogen) atoms. The fourth-order valence-electron chi connectivity index (χ4n) is 3.16. The van der Waals surface area contributed by atoms with E-state index in [0.717, 1.165) is 30.8 Å². The number of hydrogen-bond acceptors (Lipinski definition) is 4. The molecule has 0 bridgehead atoms. The Morgan fingerprint density at radius 3 is 2.74 bits per heavy atom. The number of pyridine rings is 1. The highest BCUT2D eigenvalue weighted by Gasteiger charge is 2.29. The molecule has 1 aromatic heterocycles. The highest BCUT2D eigenvalue weighted by Crippen LogP contribution is 2.39. The Balaban J connectivity index is 1.91. The van der Waals surface area contributed by atoms with Gasteiger partial charge in [-0.2, -0.15) is 0 Å². The van der Waals surface area contributed by atoms with Gasteiger partial charge in [-0.25, -0.2) is 9.78 Å². The van der Waals surface area contributed by atoms with Crippen molar-refractivity contribution >= 4 is 5.97 Å². The second kappa shape index (κ2) is 7.84. The lowest BCUT2D eigenvalue weighted by molar-refractivity contribution is 0.0526. The van der Waals surface area contributed by atoms with E-state index in [9.17, 15) is 4.79 Å². The topological polar surface area (TPSA) is 48.4 Å². The van der Waals surface area contributed by atoms with E-state index in [1.165, 1.54) is 17.3 Å². The van der Waals surface area contributed by atoms with Crippen LogP contribution in [0.25, 0.3) is 0 Å². The first kappa shape index (κ1) is 19.0. The molecule has 2 heterocycles. The number of aromatic nitrogens is 1. The third-order valence-electron chi connectivity index (χ3n) is 4.90. The lowest BCUT2D eigenvalue weighted by atomic mass is 9.78. The van der Waals surface area contributed by atoms with Crippen molar-refractivity contribution in [3.63, 3.8) is 0 Å². The Bertz CT molecular complexity index is 902. The fraction of sp³-hybridized carbons (Fsp3) is 0.391. The molecule has 2 aromatic rings. The number of carbonyl (C=O) groups excluding carboxylic acids is 1. The molecule has 1 aliphatic rings. The van der Waals surface area contributed by atoms with Gasteiger partial charge >= 0.3 is 5.97 Å².